The lowest BCUT2D eigenvalue weighted by Gasteiger charge is -2.13. The summed E-state index contributed by atoms with van der Waals surface area (Å²) < 4.78 is 1.62. The van der Waals surface area contributed by atoms with E-state index in [1.54, 1.807) is 4.57 Å². The minimum absolute atomic E-state index is 0.0894. The first kappa shape index (κ1) is 9.73. The number of carboxylic acid groups (broad SMARTS) is 1. The summed E-state index contributed by atoms with van der Waals surface area (Å²) in [5, 5.41) is 17.8. The van der Waals surface area contributed by atoms with Crippen LogP contribution < -0.4 is 0 Å². The van der Waals surface area contributed by atoms with Crippen LogP contribution in [0.5, 0.6) is 0 Å². The topological polar surface area (TPSA) is 75.3 Å². The Morgan fingerprint density at radius 3 is 2.69 bits per heavy atom. The lowest BCUT2D eigenvalue weighted by molar-refractivity contribution is -0.147. The van der Waals surface area contributed by atoms with Crippen molar-refractivity contribution in [2.45, 2.75) is 26.0 Å². The fourth-order valence-corrected chi connectivity index (χ4v) is 1.08. The number of imidazole rings is 1. The van der Waals surface area contributed by atoms with Crippen LogP contribution in [0.25, 0.3) is 0 Å². The largest absolute Gasteiger partial charge is 0.479 e. The summed E-state index contributed by atoms with van der Waals surface area (Å²) in [5.41, 5.74) is 0.308. The highest BCUT2D eigenvalue weighted by Gasteiger charge is 2.20. The van der Waals surface area contributed by atoms with Crippen LogP contribution in [0.2, 0.25) is 0 Å². The Bertz CT molecular complexity index is 306. The molecule has 0 aliphatic carbocycles. The van der Waals surface area contributed by atoms with E-state index in [1.807, 2.05) is 13.8 Å². The fraction of sp³-hybridized carbons (Fsp3) is 0.500. The van der Waals surface area contributed by atoms with Gasteiger partial charge in [-0.05, 0) is 13.8 Å². The first-order valence-electron chi connectivity index (χ1n) is 3.96. The predicted octanol–water partition coefficient (Wildman–Crippen LogP) is 0.582. The van der Waals surface area contributed by atoms with Crippen molar-refractivity contribution in [3.8, 4) is 0 Å². The van der Waals surface area contributed by atoms with Gasteiger partial charge in [0.25, 0.3) is 0 Å². The molecule has 0 aliphatic rings. The summed E-state index contributed by atoms with van der Waals surface area (Å²) in [7, 11) is 0. The van der Waals surface area contributed by atoms with Gasteiger partial charge >= 0.3 is 5.97 Å². The molecule has 1 rings (SSSR count). The Morgan fingerprint density at radius 1 is 1.62 bits per heavy atom. The van der Waals surface area contributed by atoms with Crippen LogP contribution in [0.15, 0.2) is 12.5 Å². The Kier molecular flexibility index (Phi) is 2.67. The standard InChI is InChI=1S/C8H12N2O3/c1-5(2)10-4-9-3-6(10)7(11)8(12)13/h3-5,7,11H,1-2H3,(H,12,13). The van der Waals surface area contributed by atoms with Crippen molar-refractivity contribution >= 4 is 5.97 Å². The van der Waals surface area contributed by atoms with Gasteiger partial charge in [0.15, 0.2) is 6.10 Å². The Morgan fingerprint density at radius 2 is 2.23 bits per heavy atom. The first-order chi connectivity index (χ1) is 6.04. The second-order valence-electron chi connectivity index (χ2n) is 3.06. The maximum absolute atomic E-state index is 10.5. The highest BCUT2D eigenvalue weighted by molar-refractivity contribution is 5.73. The second kappa shape index (κ2) is 3.57. The van der Waals surface area contributed by atoms with Crippen molar-refractivity contribution in [2.24, 2.45) is 0 Å². The maximum atomic E-state index is 10.5. The molecule has 0 amide bonds. The number of carboxylic acids is 1. The highest BCUT2D eigenvalue weighted by atomic mass is 16.4. The number of rotatable bonds is 3. The van der Waals surface area contributed by atoms with Gasteiger partial charge in [0, 0.05) is 6.04 Å². The van der Waals surface area contributed by atoms with E-state index in [-0.39, 0.29) is 6.04 Å². The molecule has 2 N–H and O–H groups in total. The lowest BCUT2D eigenvalue weighted by Crippen LogP contribution is -2.16. The van der Waals surface area contributed by atoms with Gasteiger partial charge in [0.05, 0.1) is 18.2 Å². The molecule has 1 heterocycles. The van der Waals surface area contributed by atoms with Gasteiger partial charge < -0.3 is 14.8 Å². The molecule has 5 heteroatoms. The average Bonchev–Trinajstić information content (AvgIpc) is 2.50. The van der Waals surface area contributed by atoms with Gasteiger partial charge in [-0.25, -0.2) is 9.78 Å². The van der Waals surface area contributed by atoms with Gasteiger partial charge in [-0.1, -0.05) is 0 Å². The molecule has 1 aromatic heterocycles. The second-order valence-corrected chi connectivity index (χ2v) is 3.06. The number of aliphatic carboxylic acids is 1. The van der Waals surface area contributed by atoms with Gasteiger partial charge in [-0.3, -0.25) is 0 Å². The zero-order valence-electron chi connectivity index (χ0n) is 7.51. The summed E-state index contributed by atoms with van der Waals surface area (Å²) in [6.45, 7) is 3.78. The van der Waals surface area contributed by atoms with E-state index < -0.39 is 12.1 Å². The molecule has 0 radical (unpaired) electrons. The SMILES string of the molecule is CC(C)n1cncc1C(O)C(=O)O. The summed E-state index contributed by atoms with van der Waals surface area (Å²) >= 11 is 0. The van der Waals surface area contributed by atoms with E-state index in [4.69, 9.17) is 5.11 Å². The van der Waals surface area contributed by atoms with E-state index in [0.717, 1.165) is 0 Å². The molecule has 0 aromatic carbocycles. The predicted molar refractivity (Wildman–Crippen MR) is 45.2 cm³/mol. The zero-order valence-corrected chi connectivity index (χ0v) is 7.51. The average molecular weight is 184 g/mol. The van der Waals surface area contributed by atoms with Crippen LogP contribution in [0.1, 0.15) is 31.7 Å². The van der Waals surface area contributed by atoms with Gasteiger partial charge in [0.1, 0.15) is 0 Å². The molecule has 0 bridgehead atoms. The number of hydrogen-bond donors (Lipinski definition) is 2. The third-order valence-corrected chi connectivity index (χ3v) is 1.77. The third kappa shape index (κ3) is 1.86. The minimum Gasteiger partial charge on any atom is -0.479 e. The maximum Gasteiger partial charge on any atom is 0.338 e. The number of nitrogens with zero attached hydrogens (tertiary/aromatic N) is 2. The summed E-state index contributed by atoms with van der Waals surface area (Å²) in [6, 6.07) is 0.0894. The molecule has 13 heavy (non-hydrogen) atoms. The highest BCUT2D eigenvalue weighted by Crippen LogP contribution is 2.16. The molecular formula is C8H12N2O3. The normalized spacial score (nSPS) is 13.2. The smallest absolute Gasteiger partial charge is 0.338 e. The van der Waals surface area contributed by atoms with Crippen LogP contribution in [0.4, 0.5) is 0 Å². The monoisotopic (exact) mass is 184 g/mol. The van der Waals surface area contributed by atoms with Crippen LogP contribution in [0.3, 0.4) is 0 Å². The molecule has 1 unspecified atom stereocenters. The summed E-state index contributed by atoms with van der Waals surface area (Å²) in [5.74, 6) is -1.26. The van der Waals surface area contributed by atoms with Crippen molar-refractivity contribution < 1.29 is 15.0 Å². The Hall–Kier alpha value is -1.36. The Labute approximate surface area is 75.6 Å². The molecule has 0 saturated carbocycles. The van der Waals surface area contributed by atoms with Crippen LogP contribution in [-0.2, 0) is 4.79 Å². The number of aliphatic hydroxyl groups excluding tert-OH is 1. The van der Waals surface area contributed by atoms with Crippen molar-refractivity contribution in [3.05, 3.63) is 18.2 Å². The first-order valence-corrected chi connectivity index (χ1v) is 3.96. The molecule has 72 valence electrons. The van der Waals surface area contributed by atoms with Crippen LogP contribution >= 0.6 is 0 Å². The molecule has 0 fully saturated rings. The molecule has 5 nitrogen and oxygen atoms in total. The zero-order chi connectivity index (χ0) is 10.0. The van der Waals surface area contributed by atoms with Gasteiger partial charge in [-0.15, -0.1) is 0 Å². The van der Waals surface area contributed by atoms with Gasteiger partial charge in [0.2, 0.25) is 0 Å². The van der Waals surface area contributed by atoms with E-state index >= 15 is 0 Å². The van der Waals surface area contributed by atoms with E-state index in [0.29, 0.717) is 5.69 Å². The number of aromatic nitrogens is 2. The molecule has 0 aliphatic heterocycles. The van der Waals surface area contributed by atoms with Crippen LogP contribution in [0, 0.1) is 0 Å². The molecule has 0 spiro atoms. The molecule has 0 saturated heterocycles. The third-order valence-electron chi connectivity index (χ3n) is 1.77. The van der Waals surface area contributed by atoms with E-state index in [2.05, 4.69) is 4.98 Å². The lowest BCUT2D eigenvalue weighted by atomic mass is 10.2. The summed E-state index contributed by atoms with van der Waals surface area (Å²) in [6.07, 6.45) is 1.37. The number of hydrogen-bond acceptors (Lipinski definition) is 3. The quantitative estimate of drug-likeness (QED) is 0.720. The molecule has 1 atom stereocenters. The number of carbonyl (C=O) groups is 1. The van der Waals surface area contributed by atoms with Crippen LogP contribution in [-0.4, -0.2) is 25.7 Å². The van der Waals surface area contributed by atoms with Gasteiger partial charge in [-0.2, -0.15) is 0 Å². The minimum atomic E-state index is -1.50. The molecular weight excluding hydrogens is 172 g/mol. The Balaban J connectivity index is 3.00. The summed E-state index contributed by atoms with van der Waals surface area (Å²) in [4.78, 5) is 14.3. The molecule has 1 aromatic rings. The van der Waals surface area contributed by atoms with Crippen molar-refractivity contribution in [2.75, 3.05) is 0 Å². The van der Waals surface area contributed by atoms with Crippen molar-refractivity contribution in [1.29, 1.82) is 0 Å². The van der Waals surface area contributed by atoms with Crippen molar-refractivity contribution in [1.82, 2.24) is 9.55 Å². The van der Waals surface area contributed by atoms with E-state index in [1.165, 1.54) is 12.5 Å². The van der Waals surface area contributed by atoms with Crippen molar-refractivity contribution in [3.63, 3.8) is 0 Å². The fourth-order valence-electron chi connectivity index (χ4n) is 1.08. The van der Waals surface area contributed by atoms with E-state index in [9.17, 15) is 9.90 Å². The number of aliphatic hydroxyl groups is 1.